The molecule has 31 heavy (non-hydrogen) atoms. The van der Waals surface area contributed by atoms with E-state index >= 15 is 0 Å². The van der Waals surface area contributed by atoms with Gasteiger partial charge in [0.25, 0.3) is 0 Å². The van der Waals surface area contributed by atoms with Gasteiger partial charge in [0.1, 0.15) is 0 Å². The van der Waals surface area contributed by atoms with Gasteiger partial charge >= 0.3 is 0 Å². The minimum atomic E-state index is -3.39. The molecule has 0 saturated carbocycles. The summed E-state index contributed by atoms with van der Waals surface area (Å²) < 4.78 is 26.9. The van der Waals surface area contributed by atoms with Crippen LogP contribution in [0, 0.1) is 13.8 Å². The highest BCUT2D eigenvalue weighted by Gasteiger charge is 2.30. The number of rotatable bonds is 6. The molecule has 2 aromatic rings. The fraction of sp³-hybridized carbons (Fsp3) is 0.480. The summed E-state index contributed by atoms with van der Waals surface area (Å²) in [6.45, 7) is 6.23. The van der Waals surface area contributed by atoms with Gasteiger partial charge in [-0.25, -0.2) is 8.42 Å². The number of carbonyl (C=O) groups is 1. The standard InChI is InChI=1S/C25H32N2O3S/c1-19-16-20(2)18-22(17-19)24-6-5-15-27(24)25(28)12-9-21-7-10-23(11-8-21)31(29,30)26-13-3-4-14-26/h7-8,10-11,16-18,24H,3-6,9,12-15H2,1-2H3. The summed E-state index contributed by atoms with van der Waals surface area (Å²) in [6, 6.07) is 13.8. The fourth-order valence-corrected chi connectivity index (χ4v) is 6.43. The van der Waals surface area contributed by atoms with Crippen molar-refractivity contribution in [2.75, 3.05) is 19.6 Å². The van der Waals surface area contributed by atoms with Crippen molar-refractivity contribution in [1.82, 2.24) is 9.21 Å². The van der Waals surface area contributed by atoms with Crippen LogP contribution in [-0.4, -0.2) is 43.2 Å². The predicted octanol–water partition coefficient (Wildman–Crippen LogP) is 4.38. The molecule has 2 aliphatic rings. The number of likely N-dealkylation sites (tertiary alicyclic amines) is 1. The molecule has 2 heterocycles. The lowest BCUT2D eigenvalue weighted by atomic mass is 9.99. The Morgan fingerprint density at radius 3 is 2.23 bits per heavy atom. The van der Waals surface area contributed by atoms with Crippen molar-refractivity contribution in [2.45, 2.75) is 63.3 Å². The van der Waals surface area contributed by atoms with Crippen LogP contribution >= 0.6 is 0 Å². The Morgan fingerprint density at radius 1 is 0.935 bits per heavy atom. The molecule has 2 aliphatic heterocycles. The zero-order valence-electron chi connectivity index (χ0n) is 18.5. The van der Waals surface area contributed by atoms with Gasteiger partial charge in [-0.3, -0.25) is 4.79 Å². The van der Waals surface area contributed by atoms with Gasteiger partial charge in [-0.1, -0.05) is 41.5 Å². The SMILES string of the molecule is Cc1cc(C)cc(C2CCCN2C(=O)CCc2ccc(S(=O)(=O)N3CCCC3)cc2)c1. The maximum Gasteiger partial charge on any atom is 0.243 e. The van der Waals surface area contributed by atoms with Crippen LogP contribution in [0.25, 0.3) is 0 Å². The van der Waals surface area contributed by atoms with Crippen molar-refractivity contribution in [1.29, 1.82) is 0 Å². The van der Waals surface area contributed by atoms with E-state index in [-0.39, 0.29) is 11.9 Å². The van der Waals surface area contributed by atoms with Gasteiger partial charge in [-0.05, 0) is 69.2 Å². The summed E-state index contributed by atoms with van der Waals surface area (Å²) in [7, 11) is -3.39. The van der Waals surface area contributed by atoms with Gasteiger partial charge < -0.3 is 4.90 Å². The first-order valence-corrected chi connectivity index (χ1v) is 12.8. The molecule has 6 heteroatoms. The molecular weight excluding hydrogens is 408 g/mol. The predicted molar refractivity (Wildman–Crippen MR) is 122 cm³/mol. The van der Waals surface area contributed by atoms with Gasteiger partial charge in [0, 0.05) is 26.1 Å². The van der Waals surface area contributed by atoms with Gasteiger partial charge in [0.2, 0.25) is 15.9 Å². The minimum Gasteiger partial charge on any atom is -0.336 e. The number of amides is 1. The quantitative estimate of drug-likeness (QED) is 0.670. The minimum absolute atomic E-state index is 0.166. The van der Waals surface area contributed by atoms with E-state index in [0.717, 1.165) is 37.8 Å². The molecule has 0 spiro atoms. The van der Waals surface area contributed by atoms with Gasteiger partial charge in [0.05, 0.1) is 10.9 Å². The molecule has 0 N–H and O–H groups in total. The maximum absolute atomic E-state index is 13.0. The molecule has 0 bridgehead atoms. The zero-order valence-corrected chi connectivity index (χ0v) is 19.3. The van der Waals surface area contributed by atoms with Crippen LogP contribution in [0.2, 0.25) is 0 Å². The third-order valence-electron chi connectivity index (χ3n) is 6.46. The van der Waals surface area contributed by atoms with Crippen molar-refractivity contribution >= 4 is 15.9 Å². The molecule has 2 aromatic carbocycles. The Hall–Kier alpha value is -2.18. The van der Waals surface area contributed by atoms with Crippen LogP contribution in [0.3, 0.4) is 0 Å². The molecule has 0 aliphatic carbocycles. The van der Waals surface area contributed by atoms with E-state index in [9.17, 15) is 13.2 Å². The summed E-state index contributed by atoms with van der Waals surface area (Å²) in [5, 5.41) is 0. The molecule has 1 atom stereocenters. The Labute approximate surface area is 186 Å². The second kappa shape index (κ2) is 9.13. The van der Waals surface area contributed by atoms with Gasteiger partial charge in [-0.15, -0.1) is 0 Å². The number of hydrogen-bond donors (Lipinski definition) is 0. The van der Waals surface area contributed by atoms with Crippen LogP contribution in [0.1, 0.15) is 60.4 Å². The Balaban J connectivity index is 1.39. The topological polar surface area (TPSA) is 57.7 Å². The molecule has 5 nitrogen and oxygen atoms in total. The van der Waals surface area contributed by atoms with E-state index in [1.165, 1.54) is 16.7 Å². The highest BCUT2D eigenvalue weighted by Crippen LogP contribution is 2.33. The first-order chi connectivity index (χ1) is 14.8. The number of hydrogen-bond acceptors (Lipinski definition) is 3. The van der Waals surface area contributed by atoms with E-state index < -0.39 is 10.0 Å². The number of carbonyl (C=O) groups excluding carboxylic acids is 1. The van der Waals surface area contributed by atoms with Gasteiger partial charge in [-0.2, -0.15) is 4.31 Å². The van der Waals surface area contributed by atoms with E-state index in [1.54, 1.807) is 16.4 Å². The highest BCUT2D eigenvalue weighted by atomic mass is 32.2. The zero-order chi connectivity index (χ0) is 22.0. The van der Waals surface area contributed by atoms with Crippen molar-refractivity contribution < 1.29 is 13.2 Å². The summed E-state index contributed by atoms with van der Waals surface area (Å²) in [4.78, 5) is 15.4. The summed E-state index contributed by atoms with van der Waals surface area (Å²) in [6.07, 6.45) is 4.97. The number of nitrogens with zero attached hydrogens (tertiary/aromatic N) is 2. The van der Waals surface area contributed by atoms with Crippen LogP contribution in [-0.2, 0) is 21.2 Å². The second-order valence-electron chi connectivity index (χ2n) is 8.92. The number of aryl methyl sites for hydroxylation is 3. The molecule has 2 saturated heterocycles. The van der Waals surface area contributed by atoms with Crippen molar-refractivity contribution in [3.63, 3.8) is 0 Å². The Kier molecular flexibility index (Phi) is 6.49. The fourth-order valence-electron chi connectivity index (χ4n) is 4.91. The second-order valence-corrected chi connectivity index (χ2v) is 10.9. The van der Waals surface area contributed by atoms with Crippen LogP contribution in [0.15, 0.2) is 47.4 Å². The third-order valence-corrected chi connectivity index (χ3v) is 8.37. The monoisotopic (exact) mass is 440 g/mol. The van der Waals surface area contributed by atoms with Gasteiger partial charge in [0.15, 0.2) is 0 Å². The maximum atomic E-state index is 13.0. The molecule has 1 unspecified atom stereocenters. The van der Waals surface area contributed by atoms with E-state index in [0.29, 0.717) is 30.8 Å². The average molecular weight is 441 g/mol. The van der Waals surface area contributed by atoms with E-state index in [1.807, 2.05) is 17.0 Å². The van der Waals surface area contributed by atoms with Crippen LogP contribution in [0.5, 0.6) is 0 Å². The summed E-state index contributed by atoms with van der Waals surface area (Å²) in [5.41, 5.74) is 4.70. The summed E-state index contributed by atoms with van der Waals surface area (Å²) in [5.74, 6) is 0.176. The Morgan fingerprint density at radius 2 is 1.58 bits per heavy atom. The average Bonchev–Trinajstić information content (AvgIpc) is 3.44. The van der Waals surface area contributed by atoms with Crippen LogP contribution in [0.4, 0.5) is 0 Å². The van der Waals surface area contributed by atoms with E-state index in [4.69, 9.17) is 0 Å². The normalized spacial score (nSPS) is 19.8. The van der Waals surface area contributed by atoms with Crippen molar-refractivity contribution in [2.24, 2.45) is 0 Å². The first kappa shape index (κ1) is 22.0. The molecule has 2 fully saturated rings. The molecule has 0 aromatic heterocycles. The highest BCUT2D eigenvalue weighted by molar-refractivity contribution is 7.89. The molecule has 1 amide bonds. The summed E-state index contributed by atoms with van der Waals surface area (Å²) >= 11 is 0. The smallest absolute Gasteiger partial charge is 0.243 e. The lowest BCUT2D eigenvalue weighted by Gasteiger charge is -2.26. The van der Waals surface area contributed by atoms with Crippen LogP contribution < -0.4 is 0 Å². The molecule has 0 radical (unpaired) electrons. The number of sulfonamides is 1. The van der Waals surface area contributed by atoms with E-state index in [2.05, 4.69) is 32.0 Å². The molecular formula is C25H32N2O3S. The lowest BCUT2D eigenvalue weighted by Crippen LogP contribution is -2.30. The lowest BCUT2D eigenvalue weighted by molar-refractivity contribution is -0.132. The first-order valence-electron chi connectivity index (χ1n) is 11.3. The number of benzene rings is 2. The van der Waals surface area contributed by atoms with Crippen molar-refractivity contribution in [3.05, 3.63) is 64.7 Å². The third kappa shape index (κ3) is 4.85. The molecule has 166 valence electrons. The van der Waals surface area contributed by atoms with Crippen molar-refractivity contribution in [3.8, 4) is 0 Å². The Bertz CT molecular complexity index is 1020. The molecule has 4 rings (SSSR count). The largest absolute Gasteiger partial charge is 0.336 e.